The van der Waals surface area contributed by atoms with Crippen LogP contribution in [0.2, 0.25) is 0 Å². The summed E-state index contributed by atoms with van der Waals surface area (Å²) in [5.74, 6) is -0.162. The molecule has 0 saturated heterocycles. The molecule has 1 atom stereocenters. The highest BCUT2D eigenvalue weighted by molar-refractivity contribution is 5.66. The van der Waals surface area contributed by atoms with Crippen LogP contribution in [0.5, 0.6) is 0 Å². The molecule has 0 aromatic carbocycles. The number of carbonyl (C=O) groups excluding carboxylic acids is 1. The van der Waals surface area contributed by atoms with Gasteiger partial charge in [-0.05, 0) is 39.0 Å². The molecule has 112 valence electrons. The zero-order chi connectivity index (χ0) is 14.3. The molecule has 0 bridgehead atoms. The molecule has 0 spiro atoms. The molecule has 19 heavy (non-hydrogen) atoms. The Balaban J connectivity index is 3.14. The van der Waals surface area contributed by atoms with Crippen LogP contribution in [-0.4, -0.2) is 12.1 Å². The van der Waals surface area contributed by atoms with Crippen molar-refractivity contribution < 1.29 is 9.53 Å². The highest BCUT2D eigenvalue weighted by Crippen LogP contribution is 2.12. The van der Waals surface area contributed by atoms with E-state index >= 15 is 0 Å². The Labute approximate surface area is 119 Å². The Morgan fingerprint density at radius 1 is 1.00 bits per heavy atom. The third kappa shape index (κ3) is 15.2. The highest BCUT2D eigenvalue weighted by atomic mass is 16.5. The third-order valence-corrected chi connectivity index (χ3v) is 3.25. The lowest BCUT2D eigenvalue weighted by molar-refractivity contribution is -0.145. The van der Waals surface area contributed by atoms with E-state index in [2.05, 4.69) is 19.1 Å². The van der Waals surface area contributed by atoms with E-state index in [1.807, 2.05) is 6.92 Å². The first-order valence-electron chi connectivity index (χ1n) is 7.99. The van der Waals surface area contributed by atoms with Crippen LogP contribution >= 0.6 is 0 Å². The summed E-state index contributed by atoms with van der Waals surface area (Å²) in [7, 11) is 0. The molecule has 0 aliphatic heterocycles. The lowest BCUT2D eigenvalue weighted by Crippen LogP contribution is -2.11. The maximum atomic E-state index is 10.7. The number of unbranched alkanes of at least 4 members (excludes halogenated alkanes) is 7. The first kappa shape index (κ1) is 18.2. The van der Waals surface area contributed by atoms with E-state index in [0.717, 1.165) is 12.8 Å². The van der Waals surface area contributed by atoms with Crippen molar-refractivity contribution in [2.75, 3.05) is 0 Å². The molecular weight excluding hydrogens is 236 g/mol. The Bertz CT molecular complexity index is 233. The number of ether oxygens (including phenoxy) is 1. The highest BCUT2D eigenvalue weighted by Gasteiger charge is 2.04. The number of hydrogen-bond donors (Lipinski definition) is 0. The summed E-state index contributed by atoms with van der Waals surface area (Å²) in [6, 6.07) is 0. The quantitative estimate of drug-likeness (QED) is 0.268. The summed E-state index contributed by atoms with van der Waals surface area (Å²) in [6.07, 6.45) is 17.2. The Hall–Kier alpha value is -0.790. The molecule has 0 N–H and O–H groups in total. The van der Waals surface area contributed by atoms with Gasteiger partial charge in [-0.25, -0.2) is 0 Å². The van der Waals surface area contributed by atoms with Crippen LogP contribution in [0, 0.1) is 0 Å². The summed E-state index contributed by atoms with van der Waals surface area (Å²) in [4.78, 5) is 10.7. The number of rotatable bonds is 12. The topological polar surface area (TPSA) is 26.3 Å². The first-order chi connectivity index (χ1) is 9.16. The number of carbonyl (C=O) groups is 1. The van der Waals surface area contributed by atoms with Gasteiger partial charge in [-0.2, -0.15) is 0 Å². The van der Waals surface area contributed by atoms with Gasteiger partial charge in [0.15, 0.2) is 0 Å². The predicted octanol–water partition coefficient (Wildman–Crippen LogP) is 5.42. The Morgan fingerprint density at radius 3 is 2.16 bits per heavy atom. The number of esters is 1. The van der Waals surface area contributed by atoms with Crippen molar-refractivity contribution in [1.82, 2.24) is 0 Å². The van der Waals surface area contributed by atoms with Gasteiger partial charge in [0.1, 0.15) is 0 Å². The summed E-state index contributed by atoms with van der Waals surface area (Å²) in [5, 5.41) is 0. The average molecular weight is 268 g/mol. The SMILES string of the molecule is CCC=CCCCCCCCCC[C@H](C)OC(C)=O. The molecule has 0 rings (SSSR count). The number of allylic oxidation sites excluding steroid dienone is 2. The zero-order valence-corrected chi connectivity index (χ0v) is 13.1. The summed E-state index contributed by atoms with van der Waals surface area (Å²) in [6.45, 7) is 5.64. The molecule has 0 unspecified atom stereocenters. The summed E-state index contributed by atoms with van der Waals surface area (Å²) < 4.78 is 5.10. The van der Waals surface area contributed by atoms with Gasteiger partial charge >= 0.3 is 5.97 Å². The standard InChI is InChI=1S/C17H32O2/c1-4-5-6-7-8-9-10-11-12-13-14-15-16(2)19-17(3)18/h5-6,16H,4,7-15H2,1-3H3/t16-/m0/s1. The van der Waals surface area contributed by atoms with E-state index in [1.54, 1.807) is 0 Å². The maximum Gasteiger partial charge on any atom is 0.302 e. The van der Waals surface area contributed by atoms with Gasteiger partial charge in [0, 0.05) is 6.92 Å². The molecule has 0 amide bonds. The molecule has 0 radical (unpaired) electrons. The Morgan fingerprint density at radius 2 is 1.58 bits per heavy atom. The molecule has 0 fully saturated rings. The lowest BCUT2D eigenvalue weighted by atomic mass is 10.1. The predicted molar refractivity (Wildman–Crippen MR) is 82.2 cm³/mol. The van der Waals surface area contributed by atoms with Crippen molar-refractivity contribution in [3.05, 3.63) is 12.2 Å². The van der Waals surface area contributed by atoms with E-state index in [9.17, 15) is 4.79 Å². The average Bonchev–Trinajstić information content (AvgIpc) is 2.35. The molecule has 0 aromatic rings. The summed E-state index contributed by atoms with van der Waals surface area (Å²) in [5.41, 5.74) is 0. The molecule has 0 aliphatic rings. The minimum atomic E-state index is -0.162. The fourth-order valence-corrected chi connectivity index (χ4v) is 2.20. The van der Waals surface area contributed by atoms with Crippen molar-refractivity contribution in [2.24, 2.45) is 0 Å². The zero-order valence-electron chi connectivity index (χ0n) is 13.1. The molecule has 2 nitrogen and oxygen atoms in total. The smallest absolute Gasteiger partial charge is 0.302 e. The third-order valence-electron chi connectivity index (χ3n) is 3.25. The normalized spacial score (nSPS) is 12.8. The Kier molecular flexibility index (Phi) is 13.1. The van der Waals surface area contributed by atoms with Crippen LogP contribution in [0.15, 0.2) is 12.2 Å². The van der Waals surface area contributed by atoms with Crippen molar-refractivity contribution in [3.63, 3.8) is 0 Å². The molecule has 2 heteroatoms. The van der Waals surface area contributed by atoms with Gasteiger partial charge in [0.25, 0.3) is 0 Å². The maximum absolute atomic E-state index is 10.7. The van der Waals surface area contributed by atoms with Crippen molar-refractivity contribution in [3.8, 4) is 0 Å². The van der Waals surface area contributed by atoms with Crippen LogP contribution in [0.4, 0.5) is 0 Å². The van der Waals surface area contributed by atoms with Crippen LogP contribution in [0.3, 0.4) is 0 Å². The van der Waals surface area contributed by atoms with Crippen molar-refractivity contribution in [2.45, 2.75) is 91.1 Å². The van der Waals surface area contributed by atoms with Crippen molar-refractivity contribution >= 4 is 5.97 Å². The van der Waals surface area contributed by atoms with Gasteiger partial charge in [-0.3, -0.25) is 4.79 Å². The van der Waals surface area contributed by atoms with E-state index < -0.39 is 0 Å². The van der Waals surface area contributed by atoms with Gasteiger partial charge < -0.3 is 4.74 Å². The first-order valence-corrected chi connectivity index (χ1v) is 7.99. The monoisotopic (exact) mass is 268 g/mol. The van der Waals surface area contributed by atoms with Crippen LogP contribution in [-0.2, 0) is 9.53 Å². The van der Waals surface area contributed by atoms with Crippen LogP contribution < -0.4 is 0 Å². The van der Waals surface area contributed by atoms with Gasteiger partial charge in [-0.1, -0.05) is 51.2 Å². The number of hydrogen-bond acceptors (Lipinski definition) is 2. The molecule has 0 aliphatic carbocycles. The van der Waals surface area contributed by atoms with E-state index in [-0.39, 0.29) is 12.1 Å². The van der Waals surface area contributed by atoms with Crippen LogP contribution in [0.1, 0.15) is 85.0 Å². The fraction of sp³-hybridized carbons (Fsp3) is 0.824. The van der Waals surface area contributed by atoms with Crippen molar-refractivity contribution in [1.29, 1.82) is 0 Å². The second-order valence-electron chi connectivity index (χ2n) is 5.35. The van der Waals surface area contributed by atoms with Gasteiger partial charge in [-0.15, -0.1) is 0 Å². The minimum absolute atomic E-state index is 0.0860. The van der Waals surface area contributed by atoms with E-state index in [0.29, 0.717) is 0 Å². The van der Waals surface area contributed by atoms with E-state index in [4.69, 9.17) is 4.74 Å². The minimum Gasteiger partial charge on any atom is -0.463 e. The lowest BCUT2D eigenvalue weighted by Gasteiger charge is -2.11. The fourth-order valence-electron chi connectivity index (χ4n) is 2.20. The molecular formula is C17H32O2. The summed E-state index contributed by atoms with van der Waals surface area (Å²) >= 11 is 0. The molecule has 0 aromatic heterocycles. The second-order valence-corrected chi connectivity index (χ2v) is 5.35. The largest absolute Gasteiger partial charge is 0.463 e. The van der Waals surface area contributed by atoms with Gasteiger partial charge in [0.2, 0.25) is 0 Å². The van der Waals surface area contributed by atoms with E-state index in [1.165, 1.54) is 58.3 Å². The molecule has 0 saturated carbocycles. The van der Waals surface area contributed by atoms with Gasteiger partial charge in [0.05, 0.1) is 6.10 Å². The van der Waals surface area contributed by atoms with Crippen LogP contribution in [0.25, 0.3) is 0 Å². The molecule has 0 heterocycles. The second kappa shape index (κ2) is 13.6.